The van der Waals surface area contributed by atoms with Crippen LogP contribution in [-0.2, 0) is 17.8 Å². The second-order valence-corrected chi connectivity index (χ2v) is 8.75. The Morgan fingerprint density at radius 2 is 1.50 bits per heavy atom. The van der Waals surface area contributed by atoms with Crippen molar-refractivity contribution in [2.24, 2.45) is 0 Å². The van der Waals surface area contributed by atoms with Crippen LogP contribution in [0.2, 0.25) is 0 Å². The fourth-order valence-corrected chi connectivity index (χ4v) is 3.97. The summed E-state index contributed by atoms with van der Waals surface area (Å²) in [4.78, 5) is 22.5. The molecule has 0 spiro atoms. The van der Waals surface area contributed by atoms with Crippen molar-refractivity contribution in [2.75, 3.05) is 13.7 Å². The van der Waals surface area contributed by atoms with E-state index < -0.39 is 0 Å². The maximum Gasteiger partial charge on any atom is 0.274 e. The Hall–Kier alpha value is -4.03. The van der Waals surface area contributed by atoms with Gasteiger partial charge in [-0.15, -0.1) is 0 Å². The number of nitrogens with one attached hydrogen (secondary N) is 1. The number of hydrogen-bond acceptors (Lipinski definition) is 5. The van der Waals surface area contributed by atoms with Crippen LogP contribution in [0.25, 0.3) is 11.1 Å². The molecule has 1 amide bonds. The second-order valence-electron chi connectivity index (χ2n) is 8.75. The smallest absolute Gasteiger partial charge is 0.274 e. The van der Waals surface area contributed by atoms with Crippen molar-refractivity contribution in [3.05, 3.63) is 113 Å². The van der Waals surface area contributed by atoms with Crippen LogP contribution in [0.4, 0.5) is 0 Å². The fourth-order valence-electron chi connectivity index (χ4n) is 3.97. The largest absolute Gasteiger partial charge is 0.485 e. The summed E-state index contributed by atoms with van der Waals surface area (Å²) in [6.45, 7) is 4.45. The maximum atomic E-state index is 13.2. The van der Waals surface area contributed by atoms with Gasteiger partial charge in [0, 0.05) is 19.6 Å². The van der Waals surface area contributed by atoms with Gasteiger partial charge in [0.05, 0.1) is 12.3 Å². The van der Waals surface area contributed by atoms with Gasteiger partial charge in [-0.25, -0.2) is 9.97 Å². The standard InChI is InChI=1S/C30H31N3O3/c1-21(19-35-3)31-30(34)28-29(36-20-24-10-6-4-7-11-24)22(2)32-27(33-28)18-23-14-16-26(17-15-23)25-12-8-5-9-13-25/h4-17,21H,18-20H2,1-3H3,(H,31,34). The van der Waals surface area contributed by atoms with Crippen LogP contribution in [0.15, 0.2) is 84.9 Å². The predicted molar refractivity (Wildman–Crippen MR) is 141 cm³/mol. The first kappa shape index (κ1) is 25.1. The van der Waals surface area contributed by atoms with E-state index >= 15 is 0 Å². The van der Waals surface area contributed by atoms with Gasteiger partial charge < -0.3 is 14.8 Å². The van der Waals surface area contributed by atoms with Gasteiger partial charge in [0.2, 0.25) is 0 Å². The van der Waals surface area contributed by atoms with Gasteiger partial charge in [-0.05, 0) is 36.1 Å². The number of rotatable bonds is 10. The molecule has 0 radical (unpaired) electrons. The number of carbonyl (C=O) groups excluding carboxylic acids is 1. The number of aryl methyl sites for hydroxylation is 1. The molecule has 184 valence electrons. The van der Waals surface area contributed by atoms with Gasteiger partial charge in [0.1, 0.15) is 12.4 Å². The molecule has 36 heavy (non-hydrogen) atoms. The van der Waals surface area contributed by atoms with Crippen molar-refractivity contribution in [3.63, 3.8) is 0 Å². The van der Waals surface area contributed by atoms with E-state index in [1.807, 2.05) is 62.4 Å². The summed E-state index contributed by atoms with van der Waals surface area (Å²) in [5.41, 5.74) is 5.23. The number of methoxy groups -OCH3 is 1. The topological polar surface area (TPSA) is 73.3 Å². The lowest BCUT2D eigenvalue weighted by Crippen LogP contribution is -2.36. The number of carbonyl (C=O) groups is 1. The molecule has 4 rings (SSSR count). The van der Waals surface area contributed by atoms with Gasteiger partial charge in [-0.2, -0.15) is 0 Å². The van der Waals surface area contributed by atoms with E-state index in [0.29, 0.717) is 36.9 Å². The minimum atomic E-state index is -0.311. The lowest BCUT2D eigenvalue weighted by molar-refractivity contribution is 0.0894. The molecule has 4 aromatic rings. The van der Waals surface area contributed by atoms with E-state index in [0.717, 1.165) is 16.7 Å². The van der Waals surface area contributed by atoms with Crippen LogP contribution in [0, 0.1) is 6.92 Å². The Morgan fingerprint density at radius 3 is 2.17 bits per heavy atom. The molecule has 1 unspecified atom stereocenters. The molecule has 0 aliphatic carbocycles. The van der Waals surface area contributed by atoms with Crippen LogP contribution in [0.3, 0.4) is 0 Å². The van der Waals surface area contributed by atoms with Crippen molar-refractivity contribution in [1.82, 2.24) is 15.3 Å². The summed E-state index contributed by atoms with van der Waals surface area (Å²) in [7, 11) is 1.60. The molecular weight excluding hydrogens is 450 g/mol. The van der Waals surface area contributed by atoms with Crippen LogP contribution in [0.1, 0.15) is 40.1 Å². The molecule has 6 heteroatoms. The Bertz CT molecular complexity index is 1280. The lowest BCUT2D eigenvalue weighted by Gasteiger charge is -2.17. The number of ether oxygens (including phenoxy) is 2. The van der Waals surface area contributed by atoms with Crippen LogP contribution < -0.4 is 10.1 Å². The maximum absolute atomic E-state index is 13.2. The minimum Gasteiger partial charge on any atom is -0.485 e. The third kappa shape index (κ3) is 6.55. The van der Waals surface area contributed by atoms with E-state index in [9.17, 15) is 4.79 Å². The molecule has 1 aromatic heterocycles. The van der Waals surface area contributed by atoms with Crippen LogP contribution >= 0.6 is 0 Å². The summed E-state index contributed by atoms with van der Waals surface area (Å²) in [5.74, 6) is 0.648. The molecule has 1 heterocycles. The highest BCUT2D eigenvalue weighted by Crippen LogP contribution is 2.24. The minimum absolute atomic E-state index is 0.172. The lowest BCUT2D eigenvalue weighted by atomic mass is 10.0. The van der Waals surface area contributed by atoms with Crippen LogP contribution in [-0.4, -0.2) is 35.6 Å². The van der Waals surface area contributed by atoms with Crippen molar-refractivity contribution >= 4 is 5.91 Å². The Labute approximate surface area is 212 Å². The first-order valence-corrected chi connectivity index (χ1v) is 12.0. The van der Waals surface area contributed by atoms with Gasteiger partial charge >= 0.3 is 0 Å². The first-order chi connectivity index (χ1) is 17.5. The molecule has 0 saturated carbocycles. The summed E-state index contributed by atoms with van der Waals surface area (Å²) >= 11 is 0. The van der Waals surface area contributed by atoms with E-state index in [1.54, 1.807) is 7.11 Å². The summed E-state index contributed by atoms with van der Waals surface area (Å²) in [6, 6.07) is 28.2. The summed E-state index contributed by atoms with van der Waals surface area (Å²) < 4.78 is 11.2. The average molecular weight is 482 g/mol. The van der Waals surface area contributed by atoms with Crippen LogP contribution in [0.5, 0.6) is 5.75 Å². The first-order valence-electron chi connectivity index (χ1n) is 12.0. The molecule has 1 atom stereocenters. The van der Waals surface area contributed by atoms with E-state index in [-0.39, 0.29) is 17.6 Å². The van der Waals surface area contributed by atoms with Crippen molar-refractivity contribution < 1.29 is 14.3 Å². The third-order valence-electron chi connectivity index (χ3n) is 5.74. The Kier molecular flexibility index (Phi) is 8.42. The zero-order valence-electron chi connectivity index (χ0n) is 20.9. The predicted octanol–water partition coefficient (Wildman–Crippen LogP) is 5.39. The normalized spacial score (nSPS) is 11.6. The zero-order valence-corrected chi connectivity index (χ0v) is 20.9. The summed E-state index contributed by atoms with van der Waals surface area (Å²) in [6.07, 6.45) is 0.503. The Balaban J connectivity index is 1.58. The molecule has 0 bridgehead atoms. The number of benzene rings is 3. The van der Waals surface area contributed by atoms with Gasteiger partial charge in [0.25, 0.3) is 5.91 Å². The van der Waals surface area contributed by atoms with Crippen molar-refractivity contribution in [3.8, 4) is 16.9 Å². The zero-order chi connectivity index (χ0) is 25.3. The van der Waals surface area contributed by atoms with Gasteiger partial charge in [0.15, 0.2) is 11.4 Å². The molecule has 0 aliphatic rings. The molecule has 6 nitrogen and oxygen atoms in total. The fraction of sp³-hybridized carbons (Fsp3) is 0.233. The number of amides is 1. The highest BCUT2D eigenvalue weighted by Gasteiger charge is 2.21. The number of hydrogen-bond donors (Lipinski definition) is 1. The molecule has 0 fully saturated rings. The average Bonchev–Trinajstić information content (AvgIpc) is 2.89. The summed E-state index contributed by atoms with van der Waals surface area (Å²) in [5, 5.41) is 2.95. The molecular formula is C30H31N3O3. The van der Waals surface area contributed by atoms with E-state index in [1.165, 1.54) is 5.56 Å². The van der Waals surface area contributed by atoms with Crippen molar-refractivity contribution in [2.45, 2.75) is 32.9 Å². The highest BCUT2D eigenvalue weighted by atomic mass is 16.5. The number of aromatic nitrogens is 2. The second kappa shape index (κ2) is 12.1. The molecule has 0 aliphatic heterocycles. The van der Waals surface area contributed by atoms with E-state index in [4.69, 9.17) is 9.47 Å². The number of nitrogens with zero attached hydrogens (tertiary/aromatic N) is 2. The highest BCUT2D eigenvalue weighted by molar-refractivity contribution is 5.95. The monoisotopic (exact) mass is 481 g/mol. The third-order valence-corrected chi connectivity index (χ3v) is 5.74. The van der Waals surface area contributed by atoms with Gasteiger partial charge in [-0.3, -0.25) is 4.79 Å². The van der Waals surface area contributed by atoms with Gasteiger partial charge in [-0.1, -0.05) is 84.9 Å². The molecule has 0 saturated heterocycles. The quantitative estimate of drug-likeness (QED) is 0.329. The molecule has 3 aromatic carbocycles. The van der Waals surface area contributed by atoms with E-state index in [2.05, 4.69) is 51.7 Å². The Morgan fingerprint density at radius 1 is 0.861 bits per heavy atom. The SMILES string of the molecule is COCC(C)NC(=O)c1nc(Cc2ccc(-c3ccccc3)cc2)nc(C)c1OCc1ccccc1. The van der Waals surface area contributed by atoms with Crippen molar-refractivity contribution in [1.29, 1.82) is 0 Å². The molecule has 1 N–H and O–H groups in total.